The van der Waals surface area contributed by atoms with Crippen molar-refractivity contribution in [3.8, 4) is 0 Å². The van der Waals surface area contributed by atoms with Gasteiger partial charge in [0.2, 0.25) is 0 Å². The van der Waals surface area contributed by atoms with Crippen LogP contribution in [0.25, 0.3) is 6.15 Å². The van der Waals surface area contributed by atoms with Crippen LogP contribution in [0, 0.1) is 37.3 Å². The molecule has 0 saturated carbocycles. The van der Waals surface area contributed by atoms with Gasteiger partial charge in [0.25, 0.3) is 0 Å². The van der Waals surface area contributed by atoms with Gasteiger partial charge in [-0.2, -0.15) is 0 Å². The molecule has 0 aromatic rings. The average Bonchev–Trinajstić information content (AvgIpc) is 1.25. The molecule has 0 aromatic heterocycles. The predicted molar refractivity (Wildman–Crippen MR) is 52.0 cm³/mol. The Bertz CT molecular complexity index is 31.2. The van der Waals surface area contributed by atoms with Gasteiger partial charge in [0.05, 0.1) is 0 Å². The zero-order chi connectivity index (χ0) is 7.15. The van der Waals surface area contributed by atoms with Crippen LogP contribution in [0.2, 0.25) is 39.3 Å². The van der Waals surface area contributed by atoms with Crippen molar-refractivity contribution >= 4 is 17.6 Å². The van der Waals surface area contributed by atoms with Gasteiger partial charge in [-0.25, -0.2) is 0 Å². The number of hydrogen-bond acceptors (Lipinski definition) is 0. The minimum absolute atomic E-state index is 0. The van der Waals surface area contributed by atoms with Gasteiger partial charge in [-0.15, -0.1) is 0 Å². The SMILES string of the molecule is C[Si](C)C.C[Si](C)C.[Er].[NH2-]. The minimum atomic E-state index is 0. The van der Waals surface area contributed by atoms with E-state index in [4.69, 9.17) is 0 Å². The summed E-state index contributed by atoms with van der Waals surface area (Å²) in [5, 5.41) is 0. The first kappa shape index (κ1) is 22.6. The summed E-state index contributed by atoms with van der Waals surface area (Å²) in [7, 11) is 0.241. The topological polar surface area (TPSA) is 33.5 Å². The third-order valence-corrected chi connectivity index (χ3v) is 0. The van der Waals surface area contributed by atoms with Crippen LogP contribution in [0.5, 0.6) is 0 Å². The van der Waals surface area contributed by atoms with Crippen LogP contribution < -0.4 is 0 Å². The monoisotopic (exact) mass is 328 g/mol. The van der Waals surface area contributed by atoms with Crippen molar-refractivity contribution in [2.24, 2.45) is 0 Å². The van der Waals surface area contributed by atoms with Gasteiger partial charge in [0, 0.05) is 54.9 Å². The molecular formula is C6H20ErNSi2-. The quantitative estimate of drug-likeness (QED) is 0.610. The zero-order valence-corrected chi connectivity index (χ0v) is 11.7. The molecule has 0 aromatic carbocycles. The van der Waals surface area contributed by atoms with E-state index in [-0.39, 0.29) is 61.0 Å². The van der Waals surface area contributed by atoms with E-state index in [1.807, 2.05) is 0 Å². The van der Waals surface area contributed by atoms with Crippen molar-refractivity contribution in [3.63, 3.8) is 0 Å². The first-order valence-electron chi connectivity index (χ1n) is 3.00. The van der Waals surface area contributed by atoms with Crippen LogP contribution in [0.3, 0.4) is 0 Å². The van der Waals surface area contributed by atoms with Crippen molar-refractivity contribution in [2.75, 3.05) is 0 Å². The molecule has 1 nitrogen and oxygen atoms in total. The molecule has 0 rings (SSSR count). The van der Waals surface area contributed by atoms with Gasteiger partial charge in [-0.3, -0.25) is 0 Å². The zero-order valence-electron chi connectivity index (χ0n) is 7.87. The molecule has 0 heterocycles. The Morgan fingerprint density at radius 1 is 0.600 bits per heavy atom. The van der Waals surface area contributed by atoms with Crippen LogP contribution in [0.4, 0.5) is 0 Å². The van der Waals surface area contributed by atoms with Crippen LogP contribution >= 0.6 is 0 Å². The third kappa shape index (κ3) is 267. The summed E-state index contributed by atoms with van der Waals surface area (Å²) in [5.74, 6) is 0. The molecular weight excluding hydrogens is 310 g/mol. The fourth-order valence-corrected chi connectivity index (χ4v) is 0. The minimum Gasteiger partial charge on any atom is -0.693 e. The van der Waals surface area contributed by atoms with E-state index in [0.717, 1.165) is 0 Å². The molecule has 2 radical (unpaired) electrons. The Morgan fingerprint density at radius 2 is 0.600 bits per heavy atom. The molecule has 10 heavy (non-hydrogen) atoms. The van der Waals surface area contributed by atoms with Gasteiger partial charge in [-0.1, -0.05) is 39.3 Å². The maximum atomic E-state index is 2.27. The molecule has 4 heteroatoms. The summed E-state index contributed by atoms with van der Waals surface area (Å²) in [5.41, 5.74) is 0. The molecule has 0 aliphatic rings. The first-order chi connectivity index (χ1) is 3.46. The van der Waals surface area contributed by atoms with Crippen LogP contribution in [-0.4, -0.2) is 17.6 Å². The van der Waals surface area contributed by atoms with Crippen LogP contribution in [-0.2, 0) is 0 Å². The smallest absolute Gasteiger partial charge is 0.0379 e. The fraction of sp³-hybridized carbons (Fsp3) is 1.00. The molecule has 0 aliphatic carbocycles. The Hall–Kier alpha value is 1.64. The summed E-state index contributed by atoms with van der Waals surface area (Å²) < 4.78 is 0. The maximum absolute atomic E-state index is 2.27. The van der Waals surface area contributed by atoms with E-state index in [1.54, 1.807) is 0 Å². The molecule has 70 valence electrons. The van der Waals surface area contributed by atoms with E-state index < -0.39 is 0 Å². The molecule has 0 saturated heterocycles. The van der Waals surface area contributed by atoms with Gasteiger partial charge in [0.1, 0.15) is 0 Å². The predicted octanol–water partition coefficient (Wildman–Crippen LogP) is 3.46. The second kappa shape index (κ2) is 16.9. The summed E-state index contributed by atoms with van der Waals surface area (Å²) in [4.78, 5) is 0. The molecule has 0 unspecified atom stereocenters. The van der Waals surface area contributed by atoms with E-state index >= 15 is 0 Å². The average molecular weight is 330 g/mol. The summed E-state index contributed by atoms with van der Waals surface area (Å²) in [6.07, 6.45) is 0. The molecule has 0 amide bonds. The molecule has 0 atom stereocenters. The van der Waals surface area contributed by atoms with E-state index in [0.29, 0.717) is 0 Å². The Labute approximate surface area is 99.4 Å². The summed E-state index contributed by atoms with van der Waals surface area (Å²) in [6.45, 7) is 13.6. The largest absolute Gasteiger partial charge is 0.693 e. The molecule has 2 N–H and O–H groups in total. The molecule has 0 spiro atoms. The molecule has 0 fully saturated rings. The van der Waals surface area contributed by atoms with Crippen molar-refractivity contribution in [1.29, 1.82) is 0 Å². The van der Waals surface area contributed by atoms with Gasteiger partial charge < -0.3 is 6.15 Å². The normalized spacial score (nSPS) is 7.20. The Morgan fingerprint density at radius 3 is 0.600 bits per heavy atom. The van der Waals surface area contributed by atoms with E-state index in [9.17, 15) is 0 Å². The van der Waals surface area contributed by atoms with Gasteiger partial charge in [-0.05, 0) is 0 Å². The van der Waals surface area contributed by atoms with E-state index in [2.05, 4.69) is 39.3 Å². The Balaban J connectivity index is -0.0000000300. The molecule has 0 aliphatic heterocycles. The maximum Gasteiger partial charge on any atom is 0.0379 e. The van der Waals surface area contributed by atoms with Crippen LogP contribution in [0.15, 0.2) is 0 Å². The molecule has 0 bridgehead atoms. The summed E-state index contributed by atoms with van der Waals surface area (Å²) >= 11 is 0. The number of rotatable bonds is 0. The van der Waals surface area contributed by atoms with E-state index in [1.165, 1.54) is 0 Å². The number of hydrogen-bond donors (Lipinski definition) is 0. The third-order valence-electron chi connectivity index (χ3n) is 0. The van der Waals surface area contributed by atoms with Crippen molar-refractivity contribution < 1.29 is 37.3 Å². The second-order valence-electron chi connectivity index (χ2n) is 3.00. The first-order valence-corrected chi connectivity index (χ1v) is 9.00. The van der Waals surface area contributed by atoms with Crippen molar-refractivity contribution in [3.05, 3.63) is 6.15 Å². The number of nitrogens with two attached hydrogens (primary N) is 1. The fourth-order valence-electron chi connectivity index (χ4n) is 0. The van der Waals surface area contributed by atoms with Gasteiger partial charge in [0.15, 0.2) is 0 Å². The van der Waals surface area contributed by atoms with Gasteiger partial charge >= 0.3 is 0 Å². The standard InChI is InChI=1S/2C3H9Si.Er.H2N/c2*1-4(2)3;;/h2*1-3H3;;1H2/q;;;-1. The Kier molecular flexibility index (Phi) is 38.2. The second-order valence-corrected chi connectivity index (χ2v) is 9.00. The van der Waals surface area contributed by atoms with Crippen molar-refractivity contribution in [1.82, 2.24) is 0 Å². The van der Waals surface area contributed by atoms with Crippen molar-refractivity contribution in [2.45, 2.75) is 39.3 Å². The summed E-state index contributed by atoms with van der Waals surface area (Å²) in [6, 6.07) is 0. The van der Waals surface area contributed by atoms with Crippen LogP contribution in [0.1, 0.15) is 0 Å².